The average molecular weight is 555 g/mol. The van der Waals surface area contributed by atoms with Crippen molar-refractivity contribution in [2.75, 3.05) is 33.8 Å². The van der Waals surface area contributed by atoms with E-state index in [-0.39, 0.29) is 12.5 Å². The SMILES string of the molecule is CCCCCCCCCCC(CCCCCCC)N(CCCC/C=C(\F)C(=O)OCC)C(=O)CCCN(C)C. The first-order valence-electron chi connectivity index (χ1n) is 16.3. The molecule has 0 aromatic heterocycles. The topological polar surface area (TPSA) is 49.9 Å². The zero-order chi connectivity index (χ0) is 29.1. The highest BCUT2D eigenvalue weighted by Gasteiger charge is 2.22. The molecular formula is C33H63FN2O3. The van der Waals surface area contributed by atoms with Crippen molar-refractivity contribution in [1.82, 2.24) is 9.80 Å². The van der Waals surface area contributed by atoms with Gasteiger partial charge in [0.2, 0.25) is 11.7 Å². The van der Waals surface area contributed by atoms with Crippen LogP contribution in [0.5, 0.6) is 0 Å². The van der Waals surface area contributed by atoms with Crippen molar-refractivity contribution < 1.29 is 18.7 Å². The summed E-state index contributed by atoms with van der Waals surface area (Å²) < 4.78 is 18.6. The van der Waals surface area contributed by atoms with E-state index in [1.165, 1.54) is 89.5 Å². The van der Waals surface area contributed by atoms with E-state index in [0.29, 0.717) is 25.4 Å². The van der Waals surface area contributed by atoms with Crippen molar-refractivity contribution in [1.29, 1.82) is 0 Å². The second kappa shape index (κ2) is 26.8. The fourth-order valence-electron chi connectivity index (χ4n) is 5.09. The first-order chi connectivity index (χ1) is 18.9. The van der Waals surface area contributed by atoms with Crippen molar-refractivity contribution >= 4 is 11.9 Å². The molecular weight excluding hydrogens is 491 g/mol. The molecule has 0 bridgehead atoms. The molecule has 1 amide bonds. The summed E-state index contributed by atoms with van der Waals surface area (Å²) in [5.74, 6) is -1.43. The van der Waals surface area contributed by atoms with Crippen molar-refractivity contribution in [2.45, 2.75) is 155 Å². The van der Waals surface area contributed by atoms with E-state index in [9.17, 15) is 14.0 Å². The van der Waals surface area contributed by atoms with Crippen molar-refractivity contribution in [3.8, 4) is 0 Å². The van der Waals surface area contributed by atoms with Crippen molar-refractivity contribution in [2.24, 2.45) is 0 Å². The van der Waals surface area contributed by atoms with Gasteiger partial charge in [0.15, 0.2) is 0 Å². The lowest BCUT2D eigenvalue weighted by atomic mass is 9.97. The Labute approximate surface area is 241 Å². The molecule has 0 aliphatic heterocycles. The summed E-state index contributed by atoms with van der Waals surface area (Å²) in [5, 5.41) is 0. The maximum Gasteiger partial charge on any atom is 0.366 e. The van der Waals surface area contributed by atoms with Crippen LogP contribution in [0.2, 0.25) is 0 Å². The van der Waals surface area contributed by atoms with Gasteiger partial charge in [0, 0.05) is 19.0 Å². The molecule has 6 heteroatoms. The van der Waals surface area contributed by atoms with Crippen LogP contribution in [0.1, 0.15) is 149 Å². The summed E-state index contributed by atoms with van der Waals surface area (Å²) in [6.07, 6.45) is 23.6. The molecule has 39 heavy (non-hydrogen) atoms. The Morgan fingerprint density at radius 2 is 1.26 bits per heavy atom. The Morgan fingerprint density at radius 1 is 0.718 bits per heavy atom. The Bertz CT molecular complexity index is 624. The molecule has 0 fully saturated rings. The number of nitrogens with zero attached hydrogens (tertiary/aromatic N) is 2. The molecule has 0 N–H and O–H groups in total. The van der Waals surface area contributed by atoms with Crippen LogP contribution < -0.4 is 0 Å². The zero-order valence-corrected chi connectivity index (χ0v) is 26.4. The summed E-state index contributed by atoms with van der Waals surface area (Å²) in [6.45, 7) is 7.97. The molecule has 0 saturated heterocycles. The third-order valence-electron chi connectivity index (χ3n) is 7.44. The molecule has 230 valence electrons. The Hall–Kier alpha value is -1.43. The van der Waals surface area contributed by atoms with Crippen LogP contribution in [0.4, 0.5) is 4.39 Å². The summed E-state index contributed by atoms with van der Waals surface area (Å²) in [6, 6.07) is 0.297. The number of rotatable bonds is 27. The Morgan fingerprint density at radius 3 is 1.77 bits per heavy atom. The molecule has 0 rings (SSSR count). The largest absolute Gasteiger partial charge is 0.461 e. The van der Waals surface area contributed by atoms with E-state index in [4.69, 9.17) is 4.74 Å². The number of carbonyl (C=O) groups excluding carboxylic acids is 2. The van der Waals surface area contributed by atoms with Crippen LogP contribution in [0.15, 0.2) is 11.9 Å². The normalized spacial score (nSPS) is 12.6. The van der Waals surface area contributed by atoms with Gasteiger partial charge in [-0.25, -0.2) is 4.79 Å². The minimum Gasteiger partial charge on any atom is -0.461 e. The molecule has 1 unspecified atom stereocenters. The van der Waals surface area contributed by atoms with Gasteiger partial charge >= 0.3 is 5.97 Å². The number of amides is 1. The van der Waals surface area contributed by atoms with Crippen LogP contribution in [0.3, 0.4) is 0 Å². The Kier molecular flexibility index (Phi) is 25.8. The minimum absolute atomic E-state index is 0.170. The van der Waals surface area contributed by atoms with Gasteiger partial charge in [0.1, 0.15) is 0 Å². The molecule has 0 heterocycles. The fourth-order valence-corrected chi connectivity index (χ4v) is 5.09. The predicted octanol–water partition coefficient (Wildman–Crippen LogP) is 9.00. The highest BCUT2D eigenvalue weighted by Crippen LogP contribution is 2.21. The molecule has 0 aliphatic carbocycles. The third kappa shape index (κ3) is 22.0. The number of allylic oxidation sites excluding steroid dienone is 1. The van der Waals surface area contributed by atoms with Crippen molar-refractivity contribution in [3.63, 3.8) is 0 Å². The molecule has 0 aromatic rings. The molecule has 0 spiro atoms. The first kappa shape index (κ1) is 37.6. The summed E-state index contributed by atoms with van der Waals surface area (Å²) in [5.41, 5.74) is 0. The monoisotopic (exact) mass is 554 g/mol. The van der Waals surface area contributed by atoms with Gasteiger partial charge in [-0.3, -0.25) is 4.79 Å². The molecule has 0 radical (unpaired) electrons. The maximum absolute atomic E-state index is 13.9. The van der Waals surface area contributed by atoms with Gasteiger partial charge in [-0.15, -0.1) is 0 Å². The number of esters is 1. The van der Waals surface area contributed by atoms with Gasteiger partial charge in [-0.1, -0.05) is 97.3 Å². The van der Waals surface area contributed by atoms with E-state index in [1.54, 1.807) is 6.92 Å². The van der Waals surface area contributed by atoms with Crippen LogP contribution >= 0.6 is 0 Å². The van der Waals surface area contributed by atoms with Crippen LogP contribution in [-0.4, -0.2) is 61.5 Å². The first-order valence-corrected chi connectivity index (χ1v) is 16.3. The van der Waals surface area contributed by atoms with Gasteiger partial charge in [0.05, 0.1) is 6.61 Å². The lowest BCUT2D eigenvalue weighted by molar-refractivity contribution is -0.140. The van der Waals surface area contributed by atoms with Gasteiger partial charge in [-0.2, -0.15) is 4.39 Å². The van der Waals surface area contributed by atoms with Crippen LogP contribution in [0, 0.1) is 0 Å². The van der Waals surface area contributed by atoms with Gasteiger partial charge < -0.3 is 14.5 Å². The van der Waals surface area contributed by atoms with E-state index in [0.717, 1.165) is 38.6 Å². The molecule has 0 aliphatic rings. The Balaban J connectivity index is 5.09. The van der Waals surface area contributed by atoms with Gasteiger partial charge in [-0.05, 0) is 72.2 Å². The molecule has 1 atom stereocenters. The number of ether oxygens (including phenoxy) is 1. The van der Waals surface area contributed by atoms with Crippen LogP contribution in [-0.2, 0) is 14.3 Å². The molecule has 5 nitrogen and oxygen atoms in total. The number of carbonyl (C=O) groups is 2. The van der Waals surface area contributed by atoms with Crippen LogP contribution in [0.25, 0.3) is 0 Å². The van der Waals surface area contributed by atoms with Gasteiger partial charge in [0.25, 0.3) is 0 Å². The summed E-state index contributed by atoms with van der Waals surface area (Å²) in [4.78, 5) is 29.2. The number of hydrogen-bond donors (Lipinski definition) is 0. The molecule has 0 aromatic carbocycles. The van der Waals surface area contributed by atoms with E-state index >= 15 is 0 Å². The van der Waals surface area contributed by atoms with E-state index in [2.05, 4.69) is 23.6 Å². The maximum atomic E-state index is 13.9. The second-order valence-electron chi connectivity index (χ2n) is 11.4. The smallest absolute Gasteiger partial charge is 0.366 e. The molecule has 0 saturated carbocycles. The lowest BCUT2D eigenvalue weighted by Crippen LogP contribution is -2.41. The number of halogens is 1. The number of hydrogen-bond acceptors (Lipinski definition) is 4. The standard InChI is InChI=1S/C33H63FN2O3/c1-6-9-11-13-14-15-17-20-25-30(24-19-16-12-10-7-2)36(32(37)27-23-28-35(4)5)29-22-18-21-26-31(34)33(38)39-8-3/h26,30H,6-25,27-29H2,1-5H3/b31-26-. The van der Waals surface area contributed by atoms with E-state index in [1.807, 2.05) is 14.1 Å². The third-order valence-corrected chi connectivity index (χ3v) is 7.44. The second-order valence-corrected chi connectivity index (χ2v) is 11.4. The number of unbranched alkanes of at least 4 members (excludes halogenated alkanes) is 13. The zero-order valence-electron chi connectivity index (χ0n) is 26.4. The van der Waals surface area contributed by atoms with E-state index < -0.39 is 11.8 Å². The minimum atomic E-state index is -0.885. The predicted molar refractivity (Wildman–Crippen MR) is 164 cm³/mol. The highest BCUT2D eigenvalue weighted by molar-refractivity contribution is 5.85. The highest BCUT2D eigenvalue weighted by atomic mass is 19.1. The lowest BCUT2D eigenvalue weighted by Gasteiger charge is -2.33. The van der Waals surface area contributed by atoms with Crippen molar-refractivity contribution in [3.05, 3.63) is 11.9 Å². The summed E-state index contributed by atoms with van der Waals surface area (Å²) >= 11 is 0. The quantitative estimate of drug-likeness (QED) is 0.0577. The summed E-state index contributed by atoms with van der Waals surface area (Å²) in [7, 11) is 4.10. The average Bonchev–Trinajstić information content (AvgIpc) is 2.90. The fraction of sp³-hybridized carbons (Fsp3) is 0.879.